The average Bonchev–Trinajstić information content (AvgIpc) is 2.08. The van der Waals surface area contributed by atoms with E-state index in [1.54, 1.807) is 6.92 Å². The van der Waals surface area contributed by atoms with E-state index in [2.05, 4.69) is 20.6 Å². The topological polar surface area (TPSA) is 113 Å². The third kappa shape index (κ3) is 1.18. The van der Waals surface area contributed by atoms with E-state index in [0.717, 1.165) is 0 Å². The van der Waals surface area contributed by atoms with Gasteiger partial charge in [-0.05, 0) is 6.92 Å². The van der Waals surface area contributed by atoms with Crippen LogP contribution in [0.5, 0.6) is 0 Å². The molecule has 0 bridgehead atoms. The molecule has 1 aromatic heterocycles. The summed E-state index contributed by atoms with van der Waals surface area (Å²) in [5, 5.41) is 5.21. The van der Waals surface area contributed by atoms with Gasteiger partial charge in [0, 0.05) is 0 Å². The molecule has 5 N–H and O–H groups in total. The monoisotopic (exact) mass is 195 g/mol. The summed E-state index contributed by atoms with van der Waals surface area (Å²) in [4.78, 5) is 28.7. The Bertz CT molecular complexity index is 452. The second-order valence-corrected chi connectivity index (χ2v) is 3.03. The van der Waals surface area contributed by atoms with Crippen LogP contribution in [0.3, 0.4) is 0 Å². The second-order valence-electron chi connectivity index (χ2n) is 3.03. The number of hydrogen-bond acceptors (Lipinski definition) is 5. The molecule has 1 aromatic rings. The van der Waals surface area contributed by atoms with Gasteiger partial charge in [-0.15, -0.1) is 0 Å². The number of aromatic amines is 1. The predicted octanol–water partition coefficient (Wildman–Crippen LogP) is -0.895. The van der Waals surface area contributed by atoms with Crippen molar-refractivity contribution in [2.45, 2.75) is 13.0 Å². The van der Waals surface area contributed by atoms with Gasteiger partial charge in [-0.25, -0.2) is 0 Å². The molecule has 1 amide bonds. The van der Waals surface area contributed by atoms with Crippen molar-refractivity contribution in [3.8, 4) is 0 Å². The molecule has 1 aliphatic rings. The number of hydrogen-bond donors (Lipinski definition) is 4. The van der Waals surface area contributed by atoms with Crippen molar-refractivity contribution >= 4 is 23.4 Å². The number of nitrogen functional groups attached to an aromatic ring is 1. The van der Waals surface area contributed by atoms with Gasteiger partial charge in [-0.3, -0.25) is 14.6 Å². The maximum atomic E-state index is 11.3. The van der Waals surface area contributed by atoms with Crippen LogP contribution in [-0.2, 0) is 4.79 Å². The summed E-state index contributed by atoms with van der Waals surface area (Å²) in [5.41, 5.74) is 5.17. The lowest BCUT2D eigenvalue weighted by Gasteiger charge is -2.22. The first-order valence-electron chi connectivity index (χ1n) is 4.05. The Balaban J connectivity index is 2.57. The Hall–Kier alpha value is -2.05. The molecule has 7 nitrogen and oxygen atoms in total. The molecule has 0 saturated carbocycles. The van der Waals surface area contributed by atoms with Gasteiger partial charge in [0.1, 0.15) is 11.7 Å². The first-order chi connectivity index (χ1) is 6.58. The van der Waals surface area contributed by atoms with Crippen LogP contribution in [-0.4, -0.2) is 21.9 Å². The van der Waals surface area contributed by atoms with Crippen LogP contribution in [0.4, 0.5) is 17.5 Å². The Morgan fingerprint density at radius 2 is 2.14 bits per heavy atom. The van der Waals surface area contributed by atoms with E-state index in [4.69, 9.17) is 5.73 Å². The third-order valence-electron chi connectivity index (χ3n) is 1.93. The highest BCUT2D eigenvalue weighted by atomic mass is 16.2. The van der Waals surface area contributed by atoms with E-state index in [0.29, 0.717) is 0 Å². The number of fused-ring (bicyclic) bond motifs is 1. The van der Waals surface area contributed by atoms with E-state index in [-0.39, 0.29) is 28.9 Å². The Labute approximate surface area is 78.7 Å². The van der Waals surface area contributed by atoms with Crippen LogP contribution in [0, 0.1) is 0 Å². The number of rotatable bonds is 0. The zero-order valence-corrected chi connectivity index (χ0v) is 7.42. The van der Waals surface area contributed by atoms with Gasteiger partial charge in [-0.1, -0.05) is 0 Å². The molecular formula is C7H9N5O2. The molecule has 0 aromatic carbocycles. The normalized spacial score (nSPS) is 19.5. The fourth-order valence-electron chi connectivity index (χ4n) is 1.22. The van der Waals surface area contributed by atoms with Crippen molar-refractivity contribution < 1.29 is 4.79 Å². The van der Waals surface area contributed by atoms with Crippen LogP contribution in [0.1, 0.15) is 6.92 Å². The van der Waals surface area contributed by atoms with Crippen molar-refractivity contribution in [1.82, 2.24) is 9.97 Å². The minimum Gasteiger partial charge on any atom is -0.369 e. The molecule has 0 radical (unpaired) electrons. The molecule has 1 aliphatic heterocycles. The second kappa shape index (κ2) is 2.72. The molecule has 0 saturated heterocycles. The largest absolute Gasteiger partial charge is 0.369 e. The lowest BCUT2D eigenvalue weighted by atomic mass is 10.2. The maximum Gasteiger partial charge on any atom is 0.277 e. The van der Waals surface area contributed by atoms with Gasteiger partial charge in [0.25, 0.3) is 5.56 Å². The van der Waals surface area contributed by atoms with Crippen molar-refractivity contribution in [3.63, 3.8) is 0 Å². The highest BCUT2D eigenvalue weighted by Crippen LogP contribution is 2.19. The van der Waals surface area contributed by atoms with Crippen LogP contribution in [0.25, 0.3) is 0 Å². The van der Waals surface area contributed by atoms with Gasteiger partial charge in [-0.2, -0.15) is 4.98 Å². The number of carbonyl (C=O) groups excluding carboxylic acids is 1. The van der Waals surface area contributed by atoms with E-state index >= 15 is 0 Å². The first-order valence-corrected chi connectivity index (χ1v) is 4.05. The average molecular weight is 195 g/mol. The number of carbonyl (C=O) groups is 1. The van der Waals surface area contributed by atoms with Crippen molar-refractivity contribution in [3.05, 3.63) is 10.4 Å². The predicted molar refractivity (Wildman–Crippen MR) is 51.0 cm³/mol. The van der Waals surface area contributed by atoms with E-state index in [9.17, 15) is 9.59 Å². The molecule has 0 fully saturated rings. The number of amides is 1. The summed E-state index contributed by atoms with van der Waals surface area (Å²) < 4.78 is 0. The Morgan fingerprint density at radius 3 is 2.86 bits per heavy atom. The van der Waals surface area contributed by atoms with Crippen molar-refractivity contribution in [2.24, 2.45) is 0 Å². The summed E-state index contributed by atoms with van der Waals surface area (Å²) >= 11 is 0. The first kappa shape index (κ1) is 8.54. The highest BCUT2D eigenvalue weighted by Gasteiger charge is 2.24. The minimum absolute atomic E-state index is 0.0228. The molecule has 74 valence electrons. The lowest BCUT2D eigenvalue weighted by Crippen LogP contribution is -2.39. The fourth-order valence-corrected chi connectivity index (χ4v) is 1.22. The van der Waals surface area contributed by atoms with Crippen molar-refractivity contribution in [2.75, 3.05) is 16.4 Å². The van der Waals surface area contributed by atoms with Gasteiger partial charge < -0.3 is 16.4 Å². The maximum absolute atomic E-state index is 11.3. The number of nitrogens with two attached hydrogens (primary N) is 1. The number of nitrogens with one attached hydrogen (secondary N) is 3. The van der Waals surface area contributed by atoms with Crippen LogP contribution >= 0.6 is 0 Å². The summed E-state index contributed by atoms with van der Waals surface area (Å²) in [7, 11) is 0. The molecule has 14 heavy (non-hydrogen) atoms. The molecule has 2 rings (SSSR count). The van der Waals surface area contributed by atoms with Crippen molar-refractivity contribution in [1.29, 1.82) is 0 Å². The number of nitrogens with zero attached hydrogens (tertiary/aromatic N) is 1. The van der Waals surface area contributed by atoms with Crippen LogP contribution < -0.4 is 21.9 Å². The van der Waals surface area contributed by atoms with Gasteiger partial charge in [0.2, 0.25) is 11.9 Å². The van der Waals surface area contributed by atoms with E-state index in [1.165, 1.54) is 0 Å². The summed E-state index contributed by atoms with van der Waals surface area (Å²) in [6.45, 7) is 1.65. The molecule has 0 spiro atoms. The molecule has 7 heteroatoms. The molecule has 1 atom stereocenters. The number of H-pyrrole nitrogens is 1. The summed E-state index contributed by atoms with van der Waals surface area (Å²) in [5.74, 6) is -0.0882. The SMILES string of the molecule is CC1Nc2c(nc(N)[nH]c2=O)NC1=O. The van der Waals surface area contributed by atoms with E-state index in [1.807, 2.05) is 0 Å². The summed E-state index contributed by atoms with van der Waals surface area (Å²) in [6, 6.07) is -0.450. The van der Waals surface area contributed by atoms with E-state index < -0.39 is 6.04 Å². The van der Waals surface area contributed by atoms with Gasteiger partial charge in [0.15, 0.2) is 5.82 Å². The van der Waals surface area contributed by atoms with Crippen LogP contribution in [0.15, 0.2) is 4.79 Å². The Kier molecular flexibility index (Phi) is 1.66. The molecule has 2 heterocycles. The Morgan fingerprint density at radius 1 is 1.43 bits per heavy atom. The summed E-state index contributed by atoms with van der Waals surface area (Å²) in [6.07, 6.45) is 0. The fraction of sp³-hybridized carbons (Fsp3) is 0.286. The number of aromatic nitrogens is 2. The smallest absolute Gasteiger partial charge is 0.277 e. The zero-order valence-electron chi connectivity index (χ0n) is 7.42. The molecule has 1 unspecified atom stereocenters. The standard InChI is InChI=1S/C7H9N5O2/c1-2-5(13)10-4-3(9-2)6(14)12-7(8)11-4/h2,9H,1H3,(H4,8,10,11,12,13,14). The molecular weight excluding hydrogens is 186 g/mol. The third-order valence-corrected chi connectivity index (χ3v) is 1.93. The molecule has 0 aliphatic carbocycles. The quantitative estimate of drug-likeness (QED) is 0.428. The van der Waals surface area contributed by atoms with Crippen LogP contribution in [0.2, 0.25) is 0 Å². The number of anilines is 3. The zero-order chi connectivity index (χ0) is 10.3. The lowest BCUT2D eigenvalue weighted by molar-refractivity contribution is -0.116. The highest BCUT2D eigenvalue weighted by molar-refractivity contribution is 6.01. The van der Waals surface area contributed by atoms with Gasteiger partial charge >= 0.3 is 0 Å². The minimum atomic E-state index is -0.450. The van der Waals surface area contributed by atoms with Gasteiger partial charge in [0.05, 0.1) is 0 Å².